The van der Waals surface area contributed by atoms with Crippen LogP contribution in [0.1, 0.15) is 247 Å². The van der Waals surface area contributed by atoms with Crippen LogP contribution in [0, 0.1) is 23.7 Å². The smallest absolute Gasteiger partial charge is 0.0466 e. The van der Waals surface area contributed by atoms with Gasteiger partial charge in [0.2, 0.25) is 0 Å². The van der Waals surface area contributed by atoms with Crippen molar-refractivity contribution in [1.82, 2.24) is 0 Å². The van der Waals surface area contributed by atoms with Gasteiger partial charge in [-0.15, -0.1) is 0 Å². The van der Waals surface area contributed by atoms with Crippen LogP contribution >= 0.6 is 0 Å². The molecule has 2 atom stereocenters. The predicted octanol–water partition coefficient (Wildman–Crippen LogP) is 16.1. The molecule has 0 aromatic rings. The van der Waals surface area contributed by atoms with Gasteiger partial charge in [0.1, 0.15) is 0 Å². The first-order chi connectivity index (χ1) is 21.9. The van der Waals surface area contributed by atoms with E-state index in [2.05, 4.69) is 41.5 Å². The van der Waals surface area contributed by atoms with Gasteiger partial charge in [0.05, 0.1) is 0 Å². The Labute approximate surface area is 288 Å². The minimum atomic E-state index is 0.879. The molecule has 0 aliphatic carbocycles. The molecule has 0 aliphatic rings. The summed E-state index contributed by atoms with van der Waals surface area (Å²) in [7, 11) is 0. The molecule has 0 amide bonds. The summed E-state index contributed by atoms with van der Waals surface area (Å²) in [6.45, 7) is 16.3. The quantitative estimate of drug-likeness (QED) is 0.0614. The molecular weight excluding hydrogens is 544 g/mol. The zero-order valence-corrected chi connectivity index (χ0v) is 32.8. The molecule has 0 saturated heterocycles. The summed E-state index contributed by atoms with van der Waals surface area (Å²) in [5.41, 5.74) is 0. The van der Waals surface area contributed by atoms with Crippen molar-refractivity contribution in [2.24, 2.45) is 23.7 Å². The van der Waals surface area contributed by atoms with Gasteiger partial charge in [-0.25, -0.2) is 0 Å². The van der Waals surface area contributed by atoms with E-state index in [1.807, 2.05) is 0 Å². The Morgan fingerprint density at radius 2 is 0.467 bits per heavy atom. The molecule has 0 rings (SSSR count). The van der Waals surface area contributed by atoms with Crippen LogP contribution in [0.4, 0.5) is 0 Å². The Hall–Kier alpha value is -0.0400. The zero-order valence-electron chi connectivity index (χ0n) is 32.8. The van der Waals surface area contributed by atoms with Crippen molar-refractivity contribution in [2.75, 3.05) is 13.2 Å². The van der Waals surface area contributed by atoms with Crippen molar-refractivity contribution < 1.29 is 4.74 Å². The Morgan fingerprint density at radius 3 is 0.733 bits per heavy atom. The molecule has 2 unspecified atom stereocenters. The summed E-state index contributed by atoms with van der Waals surface area (Å²) in [5.74, 6) is 3.65. The molecule has 0 bridgehead atoms. The second-order valence-electron chi connectivity index (χ2n) is 16.5. The minimum Gasteiger partial charge on any atom is -0.381 e. The summed E-state index contributed by atoms with van der Waals surface area (Å²) in [5, 5.41) is 0. The summed E-state index contributed by atoms with van der Waals surface area (Å²) < 4.78 is 5.91. The molecule has 0 N–H and O–H groups in total. The maximum Gasteiger partial charge on any atom is 0.0466 e. The van der Waals surface area contributed by atoms with E-state index >= 15 is 0 Å². The second-order valence-corrected chi connectivity index (χ2v) is 16.5. The second kappa shape index (κ2) is 36.8. The van der Waals surface area contributed by atoms with E-state index in [4.69, 9.17) is 4.74 Å². The third-order valence-electron chi connectivity index (χ3n) is 10.4. The molecule has 272 valence electrons. The summed E-state index contributed by atoms with van der Waals surface area (Å²) >= 11 is 0. The SMILES string of the molecule is CC(C)CCCC(C)CCCCCCCCCCCCCCOCCCCCCCCCCCCCCC(C)CCCC(C)C. The van der Waals surface area contributed by atoms with Crippen LogP contribution in [0.25, 0.3) is 0 Å². The van der Waals surface area contributed by atoms with Gasteiger partial charge in [-0.1, -0.05) is 234 Å². The first-order valence-electron chi connectivity index (χ1n) is 21.5. The van der Waals surface area contributed by atoms with E-state index in [0.717, 1.165) is 36.9 Å². The number of rotatable bonds is 38. The summed E-state index contributed by atoms with van der Waals surface area (Å²) in [6, 6.07) is 0. The minimum absolute atomic E-state index is 0.879. The van der Waals surface area contributed by atoms with Gasteiger partial charge in [0.25, 0.3) is 0 Å². The van der Waals surface area contributed by atoms with Crippen molar-refractivity contribution >= 4 is 0 Å². The molecule has 0 radical (unpaired) electrons. The molecule has 0 heterocycles. The molecule has 0 aromatic heterocycles. The van der Waals surface area contributed by atoms with Crippen LogP contribution < -0.4 is 0 Å². The van der Waals surface area contributed by atoms with E-state index < -0.39 is 0 Å². The highest BCUT2D eigenvalue weighted by atomic mass is 16.5. The van der Waals surface area contributed by atoms with Gasteiger partial charge >= 0.3 is 0 Å². The van der Waals surface area contributed by atoms with Gasteiger partial charge in [0, 0.05) is 13.2 Å². The van der Waals surface area contributed by atoms with Gasteiger partial charge in [-0.2, -0.15) is 0 Å². The lowest BCUT2D eigenvalue weighted by atomic mass is 9.95. The molecule has 0 fully saturated rings. The topological polar surface area (TPSA) is 9.23 Å². The zero-order chi connectivity index (χ0) is 33.1. The fourth-order valence-corrected chi connectivity index (χ4v) is 7.07. The Kier molecular flexibility index (Phi) is 36.8. The van der Waals surface area contributed by atoms with Crippen molar-refractivity contribution in [3.05, 3.63) is 0 Å². The van der Waals surface area contributed by atoms with E-state index in [1.54, 1.807) is 0 Å². The maximum absolute atomic E-state index is 5.91. The molecular formula is C44H90O. The van der Waals surface area contributed by atoms with Crippen LogP contribution in [-0.2, 0) is 4.74 Å². The molecule has 0 aliphatic heterocycles. The normalized spacial score (nSPS) is 13.3. The number of ether oxygens (including phenoxy) is 1. The van der Waals surface area contributed by atoms with Crippen LogP contribution in [-0.4, -0.2) is 13.2 Å². The number of unbranched alkanes of at least 4 members (excludes halogenated alkanes) is 22. The molecule has 1 heteroatoms. The van der Waals surface area contributed by atoms with Crippen LogP contribution in [0.15, 0.2) is 0 Å². The Morgan fingerprint density at radius 1 is 0.244 bits per heavy atom. The van der Waals surface area contributed by atoms with Crippen LogP contribution in [0.3, 0.4) is 0 Å². The first kappa shape index (κ1) is 45.0. The molecule has 0 aromatic carbocycles. The van der Waals surface area contributed by atoms with Gasteiger partial charge < -0.3 is 4.74 Å². The Balaban J connectivity index is 3.13. The first-order valence-corrected chi connectivity index (χ1v) is 21.5. The highest BCUT2D eigenvalue weighted by Crippen LogP contribution is 2.21. The van der Waals surface area contributed by atoms with E-state index in [-0.39, 0.29) is 0 Å². The molecule has 0 saturated carbocycles. The van der Waals surface area contributed by atoms with Crippen molar-refractivity contribution in [3.63, 3.8) is 0 Å². The monoisotopic (exact) mass is 635 g/mol. The van der Waals surface area contributed by atoms with E-state index in [0.29, 0.717) is 0 Å². The number of hydrogen-bond donors (Lipinski definition) is 0. The van der Waals surface area contributed by atoms with Crippen molar-refractivity contribution in [3.8, 4) is 0 Å². The third-order valence-corrected chi connectivity index (χ3v) is 10.4. The largest absolute Gasteiger partial charge is 0.381 e. The highest BCUT2D eigenvalue weighted by Gasteiger charge is 2.04. The van der Waals surface area contributed by atoms with Crippen molar-refractivity contribution in [1.29, 1.82) is 0 Å². The summed E-state index contributed by atoms with van der Waals surface area (Å²) in [6.07, 6.45) is 45.9. The lowest BCUT2D eigenvalue weighted by Crippen LogP contribution is -1.97. The predicted molar refractivity (Wildman–Crippen MR) is 207 cm³/mol. The van der Waals surface area contributed by atoms with Crippen LogP contribution in [0.5, 0.6) is 0 Å². The number of hydrogen-bond acceptors (Lipinski definition) is 1. The lowest BCUT2D eigenvalue weighted by Gasteiger charge is -2.12. The molecule has 0 spiro atoms. The Bertz CT molecular complexity index is 479. The standard InChI is InChI=1S/C44H90O/c1-41(2)33-31-37-43(5)35-27-23-19-15-11-7-9-13-17-21-25-29-39-45-40-30-26-22-18-14-10-8-12-16-20-24-28-36-44(6)38-32-34-42(3)4/h41-44H,7-40H2,1-6H3. The van der Waals surface area contributed by atoms with E-state index in [9.17, 15) is 0 Å². The average Bonchev–Trinajstić information content (AvgIpc) is 3.00. The fraction of sp³-hybridized carbons (Fsp3) is 1.00. The highest BCUT2D eigenvalue weighted by molar-refractivity contribution is 4.58. The van der Waals surface area contributed by atoms with Crippen LogP contribution in [0.2, 0.25) is 0 Å². The summed E-state index contributed by atoms with van der Waals surface area (Å²) in [4.78, 5) is 0. The average molecular weight is 635 g/mol. The fourth-order valence-electron chi connectivity index (χ4n) is 7.07. The van der Waals surface area contributed by atoms with E-state index in [1.165, 1.54) is 205 Å². The molecule has 1 nitrogen and oxygen atoms in total. The van der Waals surface area contributed by atoms with Gasteiger partial charge in [-0.05, 0) is 36.5 Å². The lowest BCUT2D eigenvalue weighted by molar-refractivity contribution is 0.125. The molecule has 45 heavy (non-hydrogen) atoms. The van der Waals surface area contributed by atoms with Gasteiger partial charge in [0.15, 0.2) is 0 Å². The maximum atomic E-state index is 5.91. The van der Waals surface area contributed by atoms with Crippen molar-refractivity contribution in [2.45, 2.75) is 247 Å². The van der Waals surface area contributed by atoms with Gasteiger partial charge in [-0.3, -0.25) is 0 Å². The third kappa shape index (κ3) is 40.1.